The lowest BCUT2D eigenvalue weighted by Crippen LogP contribution is -2.46. The molecule has 0 saturated carbocycles. The minimum absolute atomic E-state index is 0.619. The Morgan fingerprint density at radius 2 is 1.32 bits per heavy atom. The summed E-state index contributed by atoms with van der Waals surface area (Å²) in [6.07, 6.45) is 8.68. The van der Waals surface area contributed by atoms with Gasteiger partial charge in [-0.15, -0.1) is 0 Å². The highest BCUT2D eigenvalue weighted by Crippen LogP contribution is 2.12. The van der Waals surface area contributed by atoms with Crippen LogP contribution in [0.15, 0.2) is 0 Å². The van der Waals surface area contributed by atoms with E-state index in [1.807, 2.05) is 0 Å². The second-order valence-corrected chi connectivity index (χ2v) is 9.08. The molecule has 0 aliphatic carbocycles. The van der Waals surface area contributed by atoms with Crippen LogP contribution in [0.5, 0.6) is 0 Å². The molecule has 0 aromatic carbocycles. The summed E-state index contributed by atoms with van der Waals surface area (Å²) in [7, 11) is 0. The number of likely N-dealkylation sites (tertiary alicyclic amines) is 1. The van der Waals surface area contributed by atoms with Crippen LogP contribution in [0.2, 0.25) is 0 Å². The monoisotopic (exact) mass is 444 g/mol. The number of piperidine rings is 1. The summed E-state index contributed by atoms with van der Waals surface area (Å²) in [5.74, 6) is 0.806. The molecule has 0 bridgehead atoms. The van der Waals surface area contributed by atoms with Crippen LogP contribution in [0.25, 0.3) is 0 Å². The van der Waals surface area contributed by atoms with E-state index in [1.54, 1.807) is 0 Å². The number of ether oxygens (including phenoxy) is 4. The average Bonchev–Trinajstić information content (AvgIpc) is 2.77. The molecule has 1 heterocycles. The van der Waals surface area contributed by atoms with E-state index in [9.17, 15) is 0 Å². The van der Waals surface area contributed by atoms with E-state index in [4.69, 9.17) is 18.9 Å². The van der Waals surface area contributed by atoms with Gasteiger partial charge in [-0.3, -0.25) is 0 Å². The van der Waals surface area contributed by atoms with Crippen molar-refractivity contribution in [1.29, 1.82) is 0 Å². The van der Waals surface area contributed by atoms with Gasteiger partial charge >= 0.3 is 0 Å². The van der Waals surface area contributed by atoms with Crippen molar-refractivity contribution in [2.45, 2.75) is 84.7 Å². The standard InChI is InChI=1S/C25H52N2O4/c1-5-8-24(4)26-25-10-12-27(13-11-25)14-16-29-18-20-31-22-21-30-19-17-28-15-7-9-23(3)6-2/h23-26H,5-22H2,1-4H3. The van der Waals surface area contributed by atoms with Crippen molar-refractivity contribution in [2.24, 2.45) is 5.92 Å². The highest BCUT2D eigenvalue weighted by molar-refractivity contribution is 4.79. The molecule has 1 aliphatic heterocycles. The first kappa shape index (κ1) is 28.8. The third-order valence-corrected chi connectivity index (χ3v) is 6.18. The molecular formula is C25H52N2O4. The molecule has 1 N–H and O–H groups in total. The van der Waals surface area contributed by atoms with Crippen LogP contribution in [0, 0.1) is 5.92 Å². The summed E-state index contributed by atoms with van der Waals surface area (Å²) in [5, 5.41) is 3.77. The minimum atomic E-state index is 0.619. The lowest BCUT2D eigenvalue weighted by Gasteiger charge is -2.33. The molecule has 6 nitrogen and oxygen atoms in total. The number of nitrogens with zero attached hydrogens (tertiary/aromatic N) is 1. The summed E-state index contributed by atoms with van der Waals surface area (Å²) in [4.78, 5) is 2.52. The van der Waals surface area contributed by atoms with E-state index in [-0.39, 0.29) is 0 Å². The SMILES string of the molecule is CCCC(C)NC1CCN(CCOCCOCCOCCOCCCC(C)CC)CC1. The summed E-state index contributed by atoms with van der Waals surface area (Å²) >= 11 is 0. The van der Waals surface area contributed by atoms with Crippen molar-refractivity contribution in [3.05, 3.63) is 0 Å². The molecule has 0 aromatic rings. The van der Waals surface area contributed by atoms with Gasteiger partial charge in [0.2, 0.25) is 0 Å². The molecule has 0 aromatic heterocycles. The van der Waals surface area contributed by atoms with Gasteiger partial charge in [-0.05, 0) is 58.0 Å². The first-order valence-electron chi connectivity index (χ1n) is 12.9. The Morgan fingerprint density at radius 1 is 0.774 bits per heavy atom. The predicted molar refractivity (Wildman–Crippen MR) is 129 cm³/mol. The zero-order valence-electron chi connectivity index (χ0n) is 21.0. The summed E-state index contributed by atoms with van der Waals surface area (Å²) in [5.41, 5.74) is 0. The topological polar surface area (TPSA) is 52.2 Å². The van der Waals surface area contributed by atoms with Gasteiger partial charge in [0.05, 0.1) is 46.2 Å². The lowest BCUT2D eigenvalue weighted by atomic mass is 10.0. The van der Waals surface area contributed by atoms with E-state index in [1.165, 1.54) is 51.6 Å². The van der Waals surface area contributed by atoms with Gasteiger partial charge in [-0.25, -0.2) is 0 Å². The van der Waals surface area contributed by atoms with Crippen molar-refractivity contribution in [2.75, 3.05) is 72.5 Å². The van der Waals surface area contributed by atoms with Gasteiger partial charge in [-0.1, -0.05) is 33.6 Å². The molecule has 0 spiro atoms. The molecule has 1 fully saturated rings. The van der Waals surface area contributed by atoms with Crippen molar-refractivity contribution in [1.82, 2.24) is 10.2 Å². The van der Waals surface area contributed by atoms with Crippen LogP contribution in [0.3, 0.4) is 0 Å². The maximum Gasteiger partial charge on any atom is 0.0701 e. The fourth-order valence-electron chi connectivity index (χ4n) is 3.94. The molecule has 2 atom stereocenters. The second-order valence-electron chi connectivity index (χ2n) is 9.08. The van der Waals surface area contributed by atoms with E-state index in [0.29, 0.717) is 51.7 Å². The quantitative estimate of drug-likeness (QED) is 0.269. The number of rotatable bonds is 21. The molecule has 1 saturated heterocycles. The third-order valence-electron chi connectivity index (χ3n) is 6.18. The Labute approximate surface area is 192 Å². The number of hydrogen-bond acceptors (Lipinski definition) is 6. The molecule has 31 heavy (non-hydrogen) atoms. The van der Waals surface area contributed by atoms with Gasteiger partial charge in [0, 0.05) is 25.2 Å². The van der Waals surface area contributed by atoms with E-state index < -0.39 is 0 Å². The van der Waals surface area contributed by atoms with Crippen LogP contribution in [-0.4, -0.2) is 89.5 Å². The largest absolute Gasteiger partial charge is 0.379 e. The fraction of sp³-hybridized carbons (Fsp3) is 1.00. The molecule has 0 amide bonds. The molecule has 6 heteroatoms. The zero-order valence-corrected chi connectivity index (χ0v) is 21.0. The minimum Gasteiger partial charge on any atom is -0.379 e. The molecule has 186 valence electrons. The first-order valence-corrected chi connectivity index (χ1v) is 12.9. The summed E-state index contributed by atoms with van der Waals surface area (Å²) < 4.78 is 22.4. The smallest absolute Gasteiger partial charge is 0.0701 e. The van der Waals surface area contributed by atoms with Gasteiger partial charge in [0.15, 0.2) is 0 Å². The van der Waals surface area contributed by atoms with Gasteiger partial charge in [0.25, 0.3) is 0 Å². The van der Waals surface area contributed by atoms with Crippen molar-refractivity contribution in [3.63, 3.8) is 0 Å². The Balaban J connectivity index is 1.78. The first-order chi connectivity index (χ1) is 15.2. The molecule has 0 radical (unpaired) electrons. The van der Waals surface area contributed by atoms with Crippen molar-refractivity contribution >= 4 is 0 Å². The molecule has 1 rings (SSSR count). The lowest BCUT2D eigenvalue weighted by molar-refractivity contribution is -0.00496. The number of nitrogens with one attached hydrogen (secondary N) is 1. The van der Waals surface area contributed by atoms with E-state index in [0.717, 1.165) is 32.1 Å². The Kier molecular flexibility index (Phi) is 18.9. The average molecular weight is 445 g/mol. The van der Waals surface area contributed by atoms with Gasteiger partial charge < -0.3 is 29.2 Å². The summed E-state index contributed by atoms with van der Waals surface area (Å²) in [6, 6.07) is 1.34. The summed E-state index contributed by atoms with van der Waals surface area (Å²) in [6.45, 7) is 18.0. The van der Waals surface area contributed by atoms with Gasteiger partial charge in [-0.2, -0.15) is 0 Å². The van der Waals surface area contributed by atoms with Crippen molar-refractivity contribution < 1.29 is 18.9 Å². The van der Waals surface area contributed by atoms with Crippen LogP contribution >= 0.6 is 0 Å². The van der Waals surface area contributed by atoms with Gasteiger partial charge in [0.1, 0.15) is 0 Å². The highest BCUT2D eigenvalue weighted by atomic mass is 16.6. The Morgan fingerprint density at radius 3 is 1.87 bits per heavy atom. The predicted octanol–water partition coefficient (Wildman–Crippen LogP) is 4.12. The fourth-order valence-corrected chi connectivity index (χ4v) is 3.94. The highest BCUT2D eigenvalue weighted by Gasteiger charge is 2.19. The van der Waals surface area contributed by atoms with Crippen molar-refractivity contribution in [3.8, 4) is 0 Å². The van der Waals surface area contributed by atoms with E-state index >= 15 is 0 Å². The van der Waals surface area contributed by atoms with Crippen LogP contribution in [0.1, 0.15) is 72.6 Å². The normalized spacial score (nSPS) is 17.8. The molecule has 2 unspecified atom stereocenters. The number of hydrogen-bond donors (Lipinski definition) is 1. The zero-order chi connectivity index (χ0) is 22.6. The molecular weight excluding hydrogens is 392 g/mol. The second kappa shape index (κ2) is 20.4. The van der Waals surface area contributed by atoms with Crippen LogP contribution < -0.4 is 5.32 Å². The third kappa shape index (κ3) is 17.0. The van der Waals surface area contributed by atoms with Crippen LogP contribution in [-0.2, 0) is 18.9 Å². The maximum absolute atomic E-state index is 5.72. The molecule has 1 aliphatic rings. The Bertz CT molecular complexity index is 379. The Hall–Kier alpha value is -0.240. The van der Waals surface area contributed by atoms with E-state index in [2.05, 4.69) is 37.9 Å². The maximum atomic E-state index is 5.72. The van der Waals surface area contributed by atoms with Crippen LogP contribution in [0.4, 0.5) is 0 Å².